The molecule has 0 aromatic carbocycles. The second kappa shape index (κ2) is 5.81. The number of carbonyl (C=O) groups is 2. The fourth-order valence-corrected chi connectivity index (χ4v) is 1.47. The van der Waals surface area contributed by atoms with E-state index in [0.717, 1.165) is 5.56 Å². The van der Waals surface area contributed by atoms with Crippen LogP contribution in [0.15, 0.2) is 41.1 Å². The monoisotopic (exact) mass is 259 g/mol. The third-order valence-corrected chi connectivity index (χ3v) is 2.33. The number of hydrogen-bond acceptors (Lipinski definition) is 4. The molecular weight excluding hydrogens is 246 g/mol. The molecule has 98 valence electrons. The summed E-state index contributed by atoms with van der Waals surface area (Å²) < 4.78 is 5.19. The van der Waals surface area contributed by atoms with E-state index in [4.69, 9.17) is 4.42 Å². The zero-order valence-electron chi connectivity index (χ0n) is 10.3. The van der Waals surface area contributed by atoms with Crippen LogP contribution >= 0.6 is 0 Å². The molecule has 0 saturated carbocycles. The van der Waals surface area contributed by atoms with Gasteiger partial charge in [0.05, 0.1) is 0 Å². The summed E-state index contributed by atoms with van der Waals surface area (Å²) in [4.78, 5) is 26.5. The van der Waals surface area contributed by atoms with Gasteiger partial charge in [0.15, 0.2) is 11.6 Å². The number of nitrogens with zero attached hydrogens (tertiary/aromatic N) is 1. The lowest BCUT2D eigenvalue weighted by atomic mass is 10.2. The van der Waals surface area contributed by atoms with Crippen molar-refractivity contribution in [3.05, 3.63) is 48.0 Å². The number of hydrogen-bond donors (Lipinski definition) is 2. The lowest BCUT2D eigenvalue weighted by Gasteiger charge is -2.02. The first-order valence-corrected chi connectivity index (χ1v) is 5.69. The lowest BCUT2D eigenvalue weighted by molar-refractivity contribution is -0.114. The second-order valence-electron chi connectivity index (χ2n) is 3.88. The Morgan fingerprint density at radius 3 is 2.63 bits per heavy atom. The Hall–Kier alpha value is -2.63. The van der Waals surface area contributed by atoms with E-state index in [2.05, 4.69) is 15.6 Å². The zero-order chi connectivity index (χ0) is 13.7. The topological polar surface area (TPSA) is 84.2 Å². The summed E-state index contributed by atoms with van der Waals surface area (Å²) in [6, 6.07) is 6.66. The number of pyridine rings is 1. The van der Waals surface area contributed by atoms with Gasteiger partial charge in [-0.3, -0.25) is 19.9 Å². The highest BCUT2D eigenvalue weighted by Crippen LogP contribution is 2.13. The van der Waals surface area contributed by atoms with E-state index in [1.165, 1.54) is 19.1 Å². The van der Waals surface area contributed by atoms with Gasteiger partial charge in [-0.1, -0.05) is 0 Å². The van der Waals surface area contributed by atoms with Crippen molar-refractivity contribution in [1.29, 1.82) is 0 Å². The van der Waals surface area contributed by atoms with Gasteiger partial charge in [-0.15, -0.1) is 0 Å². The van der Waals surface area contributed by atoms with Gasteiger partial charge < -0.3 is 9.73 Å². The Bertz CT molecular complexity index is 578. The number of aromatic nitrogens is 1. The smallest absolute Gasteiger partial charge is 0.287 e. The molecule has 0 aliphatic carbocycles. The molecule has 2 amide bonds. The maximum absolute atomic E-state index is 11.8. The summed E-state index contributed by atoms with van der Waals surface area (Å²) in [6.07, 6.45) is 3.31. The quantitative estimate of drug-likeness (QED) is 0.872. The summed E-state index contributed by atoms with van der Waals surface area (Å²) in [5, 5.41) is 5.17. The highest BCUT2D eigenvalue weighted by atomic mass is 16.4. The van der Waals surface area contributed by atoms with Crippen LogP contribution < -0.4 is 10.6 Å². The molecule has 2 aromatic rings. The first-order chi connectivity index (χ1) is 9.15. The molecule has 2 heterocycles. The fraction of sp³-hybridized carbons (Fsp3) is 0.154. The highest BCUT2D eigenvalue weighted by Gasteiger charge is 2.11. The van der Waals surface area contributed by atoms with Crippen molar-refractivity contribution in [3.63, 3.8) is 0 Å². The molecule has 0 atom stereocenters. The van der Waals surface area contributed by atoms with Crippen molar-refractivity contribution in [3.8, 4) is 0 Å². The fourth-order valence-electron chi connectivity index (χ4n) is 1.47. The molecule has 0 aliphatic heterocycles. The molecule has 6 heteroatoms. The highest BCUT2D eigenvalue weighted by molar-refractivity contribution is 5.93. The van der Waals surface area contributed by atoms with Crippen LogP contribution in [-0.2, 0) is 11.3 Å². The van der Waals surface area contributed by atoms with Crippen LogP contribution in [0.1, 0.15) is 23.0 Å². The van der Waals surface area contributed by atoms with Crippen molar-refractivity contribution in [2.75, 3.05) is 5.32 Å². The Balaban J connectivity index is 1.93. The van der Waals surface area contributed by atoms with Gasteiger partial charge in [-0.2, -0.15) is 0 Å². The summed E-state index contributed by atoms with van der Waals surface area (Å²) in [7, 11) is 0. The first-order valence-electron chi connectivity index (χ1n) is 5.69. The van der Waals surface area contributed by atoms with E-state index in [1.807, 2.05) is 12.1 Å². The molecular formula is C13H13N3O3. The second-order valence-corrected chi connectivity index (χ2v) is 3.88. The normalized spacial score (nSPS) is 9.95. The molecule has 19 heavy (non-hydrogen) atoms. The van der Waals surface area contributed by atoms with Crippen LogP contribution in [0, 0.1) is 0 Å². The average molecular weight is 259 g/mol. The number of nitrogens with one attached hydrogen (secondary N) is 2. The summed E-state index contributed by atoms with van der Waals surface area (Å²) >= 11 is 0. The molecule has 6 nitrogen and oxygen atoms in total. The first kappa shape index (κ1) is 12.8. The number of carbonyl (C=O) groups excluding carboxylic acids is 2. The van der Waals surface area contributed by atoms with Crippen molar-refractivity contribution in [2.45, 2.75) is 13.5 Å². The summed E-state index contributed by atoms with van der Waals surface area (Å²) in [5.41, 5.74) is 0.942. The van der Waals surface area contributed by atoms with Gasteiger partial charge >= 0.3 is 0 Å². The average Bonchev–Trinajstić information content (AvgIpc) is 2.85. The minimum absolute atomic E-state index is 0.151. The molecule has 0 spiro atoms. The standard InChI is InChI=1S/C13H13N3O3/c1-9(17)16-12-3-2-11(19-12)13(18)15-8-10-4-6-14-7-5-10/h2-7H,8H2,1H3,(H,15,18)(H,16,17). The van der Waals surface area contributed by atoms with Gasteiger partial charge in [-0.05, 0) is 23.8 Å². The molecule has 0 saturated heterocycles. The SMILES string of the molecule is CC(=O)Nc1ccc(C(=O)NCc2ccncc2)o1. The van der Waals surface area contributed by atoms with Gasteiger partial charge in [-0.25, -0.2) is 0 Å². The predicted molar refractivity (Wildman–Crippen MR) is 68.4 cm³/mol. The van der Waals surface area contributed by atoms with Crippen molar-refractivity contribution in [2.24, 2.45) is 0 Å². The predicted octanol–water partition coefficient (Wildman–Crippen LogP) is 1.56. The number of anilines is 1. The van der Waals surface area contributed by atoms with Gasteiger partial charge in [0.2, 0.25) is 5.91 Å². The van der Waals surface area contributed by atoms with Crippen molar-refractivity contribution < 1.29 is 14.0 Å². The summed E-state index contributed by atoms with van der Waals surface area (Å²) in [6.45, 7) is 1.75. The zero-order valence-corrected chi connectivity index (χ0v) is 10.3. The minimum atomic E-state index is -0.339. The van der Waals surface area contributed by atoms with Crippen LogP contribution in [0.5, 0.6) is 0 Å². The van der Waals surface area contributed by atoms with Crippen LogP contribution in [0.25, 0.3) is 0 Å². The summed E-state index contributed by atoms with van der Waals surface area (Å²) in [5.74, 6) is -0.189. The van der Waals surface area contributed by atoms with Crippen LogP contribution in [0.3, 0.4) is 0 Å². The Morgan fingerprint density at radius 1 is 1.21 bits per heavy atom. The van der Waals surface area contributed by atoms with Crippen LogP contribution in [0.2, 0.25) is 0 Å². The van der Waals surface area contributed by atoms with E-state index < -0.39 is 0 Å². The van der Waals surface area contributed by atoms with Gasteiger partial charge in [0.25, 0.3) is 5.91 Å². The van der Waals surface area contributed by atoms with E-state index in [0.29, 0.717) is 6.54 Å². The third kappa shape index (κ3) is 3.67. The maximum Gasteiger partial charge on any atom is 0.287 e. The molecule has 0 radical (unpaired) electrons. The number of furan rings is 1. The van der Waals surface area contributed by atoms with E-state index in [9.17, 15) is 9.59 Å². The number of rotatable bonds is 4. The van der Waals surface area contributed by atoms with Crippen molar-refractivity contribution >= 4 is 17.7 Å². The molecule has 2 rings (SSSR count). The molecule has 2 N–H and O–H groups in total. The van der Waals surface area contributed by atoms with E-state index in [-0.39, 0.29) is 23.5 Å². The Kier molecular flexibility index (Phi) is 3.92. The maximum atomic E-state index is 11.8. The van der Waals surface area contributed by atoms with E-state index in [1.54, 1.807) is 12.4 Å². The van der Waals surface area contributed by atoms with E-state index >= 15 is 0 Å². The third-order valence-electron chi connectivity index (χ3n) is 2.33. The Labute approximate surface area is 109 Å². The van der Waals surface area contributed by atoms with Crippen LogP contribution in [-0.4, -0.2) is 16.8 Å². The molecule has 0 bridgehead atoms. The minimum Gasteiger partial charge on any atom is -0.435 e. The lowest BCUT2D eigenvalue weighted by Crippen LogP contribution is -2.22. The molecule has 0 aliphatic rings. The Morgan fingerprint density at radius 2 is 1.95 bits per heavy atom. The molecule has 2 aromatic heterocycles. The largest absolute Gasteiger partial charge is 0.435 e. The molecule has 0 unspecified atom stereocenters. The van der Waals surface area contributed by atoms with Crippen LogP contribution in [0.4, 0.5) is 5.88 Å². The number of amides is 2. The van der Waals surface area contributed by atoms with Gasteiger partial charge in [0, 0.05) is 31.9 Å². The van der Waals surface area contributed by atoms with Crippen molar-refractivity contribution in [1.82, 2.24) is 10.3 Å². The molecule has 0 fully saturated rings. The van der Waals surface area contributed by atoms with Gasteiger partial charge in [0.1, 0.15) is 0 Å².